The van der Waals surface area contributed by atoms with Crippen molar-refractivity contribution in [3.8, 4) is 0 Å². The second-order valence-corrected chi connectivity index (χ2v) is 5.44. The van der Waals surface area contributed by atoms with Crippen molar-refractivity contribution in [1.82, 2.24) is 4.98 Å². The highest BCUT2D eigenvalue weighted by Crippen LogP contribution is 2.28. The Morgan fingerprint density at radius 1 is 1.29 bits per heavy atom. The van der Waals surface area contributed by atoms with Crippen LogP contribution in [0.3, 0.4) is 0 Å². The quantitative estimate of drug-likeness (QED) is 0.677. The Bertz CT molecular complexity index is 714. The largest absolute Gasteiger partial charge is 0.315 e. The number of hydrogen-bond acceptors (Lipinski definition) is 4. The average molecular weight is 350 g/mol. The number of nitro groups is 1. The summed E-state index contributed by atoms with van der Waals surface area (Å²) in [6.07, 6.45) is 1.49. The first-order valence-electron chi connectivity index (χ1n) is 6.07. The Morgan fingerprint density at radius 2 is 1.95 bits per heavy atom. The molecule has 0 saturated heterocycles. The number of nitrogens with zero attached hydrogens (tertiary/aromatic N) is 2. The summed E-state index contributed by atoms with van der Waals surface area (Å²) >= 11 is 3.23. The van der Waals surface area contributed by atoms with Gasteiger partial charge < -0.3 is 5.32 Å². The first kappa shape index (κ1) is 15.1. The van der Waals surface area contributed by atoms with Crippen molar-refractivity contribution < 1.29 is 9.72 Å². The summed E-state index contributed by atoms with van der Waals surface area (Å²) in [6, 6.07) is 6.24. The number of benzene rings is 1. The van der Waals surface area contributed by atoms with Gasteiger partial charge in [0, 0.05) is 16.7 Å². The summed E-state index contributed by atoms with van der Waals surface area (Å²) in [6.45, 7) is 3.61. The molecule has 1 aromatic heterocycles. The van der Waals surface area contributed by atoms with Crippen LogP contribution < -0.4 is 5.32 Å². The predicted molar refractivity (Wildman–Crippen MR) is 82.5 cm³/mol. The second-order valence-electron chi connectivity index (χ2n) is 4.53. The minimum atomic E-state index is -0.517. The molecule has 0 bridgehead atoms. The summed E-state index contributed by atoms with van der Waals surface area (Å²) < 4.78 is 0.746. The molecule has 0 unspecified atom stereocenters. The number of nitrogens with one attached hydrogen (secondary N) is 1. The highest BCUT2D eigenvalue weighted by molar-refractivity contribution is 9.10. The molecule has 0 fully saturated rings. The fourth-order valence-electron chi connectivity index (χ4n) is 1.75. The molecule has 1 heterocycles. The van der Waals surface area contributed by atoms with E-state index in [0.717, 1.165) is 15.6 Å². The second kappa shape index (κ2) is 6.01. The van der Waals surface area contributed by atoms with Crippen LogP contribution in [0.15, 0.2) is 34.9 Å². The SMILES string of the molecule is Cc1cc(NC(=O)c2ccc(Br)cn2)c([N+](=O)[O-])cc1C. The number of hydrogen-bond donors (Lipinski definition) is 1. The fourth-order valence-corrected chi connectivity index (χ4v) is 1.98. The van der Waals surface area contributed by atoms with E-state index in [0.29, 0.717) is 0 Å². The number of amides is 1. The molecule has 0 aliphatic heterocycles. The molecule has 0 radical (unpaired) electrons. The van der Waals surface area contributed by atoms with Crippen molar-refractivity contribution in [2.45, 2.75) is 13.8 Å². The minimum Gasteiger partial charge on any atom is -0.315 e. The highest BCUT2D eigenvalue weighted by atomic mass is 79.9. The van der Waals surface area contributed by atoms with Crippen molar-refractivity contribution in [3.63, 3.8) is 0 Å². The van der Waals surface area contributed by atoms with Crippen LogP contribution in [0.2, 0.25) is 0 Å². The molecule has 1 aromatic carbocycles. The lowest BCUT2D eigenvalue weighted by atomic mass is 10.1. The number of carbonyl (C=O) groups excluding carboxylic acids is 1. The highest BCUT2D eigenvalue weighted by Gasteiger charge is 2.18. The first-order valence-corrected chi connectivity index (χ1v) is 6.86. The first-order chi connectivity index (χ1) is 9.88. The molecular weight excluding hydrogens is 338 g/mol. The van der Waals surface area contributed by atoms with Crippen LogP contribution in [0, 0.1) is 24.0 Å². The number of halogens is 1. The normalized spacial score (nSPS) is 10.2. The molecule has 0 atom stereocenters. The van der Waals surface area contributed by atoms with Gasteiger partial charge in [0.15, 0.2) is 0 Å². The predicted octanol–water partition coefficient (Wildman–Crippen LogP) is 3.62. The molecule has 21 heavy (non-hydrogen) atoms. The van der Waals surface area contributed by atoms with Gasteiger partial charge in [0.25, 0.3) is 11.6 Å². The van der Waals surface area contributed by atoms with Crippen LogP contribution in [-0.4, -0.2) is 15.8 Å². The molecule has 2 rings (SSSR count). The van der Waals surface area contributed by atoms with Crippen molar-refractivity contribution in [2.75, 3.05) is 5.32 Å². The standard InChI is InChI=1S/C14H12BrN3O3/c1-8-5-12(13(18(20)21)6-9(8)2)17-14(19)11-4-3-10(15)7-16-11/h3-7H,1-2H3,(H,17,19). The minimum absolute atomic E-state index is 0.136. The van der Waals surface area contributed by atoms with Gasteiger partial charge in [-0.2, -0.15) is 0 Å². The molecule has 0 aliphatic carbocycles. The van der Waals surface area contributed by atoms with E-state index in [1.54, 1.807) is 19.1 Å². The zero-order valence-electron chi connectivity index (χ0n) is 11.4. The van der Waals surface area contributed by atoms with Gasteiger partial charge in [0.1, 0.15) is 11.4 Å². The molecule has 7 heteroatoms. The molecule has 0 saturated carbocycles. The van der Waals surface area contributed by atoms with E-state index in [1.807, 2.05) is 6.92 Å². The number of carbonyl (C=O) groups is 1. The Kier molecular flexibility index (Phi) is 4.32. The third-order valence-corrected chi connectivity index (χ3v) is 3.49. The van der Waals surface area contributed by atoms with E-state index >= 15 is 0 Å². The van der Waals surface area contributed by atoms with Gasteiger partial charge >= 0.3 is 0 Å². The van der Waals surface area contributed by atoms with Crippen LogP contribution in [0.25, 0.3) is 0 Å². The van der Waals surface area contributed by atoms with Crippen molar-refractivity contribution in [3.05, 3.63) is 61.9 Å². The summed E-state index contributed by atoms with van der Waals surface area (Å²) in [4.78, 5) is 26.6. The lowest BCUT2D eigenvalue weighted by molar-refractivity contribution is -0.384. The summed E-state index contributed by atoms with van der Waals surface area (Å²) in [7, 11) is 0. The Balaban J connectivity index is 2.34. The van der Waals surface area contributed by atoms with Gasteiger partial charge in [-0.3, -0.25) is 14.9 Å². The topological polar surface area (TPSA) is 85.1 Å². The number of rotatable bonds is 3. The van der Waals surface area contributed by atoms with Gasteiger partial charge in [-0.05, 0) is 59.1 Å². The summed E-state index contributed by atoms with van der Waals surface area (Å²) in [5, 5.41) is 13.6. The summed E-state index contributed by atoms with van der Waals surface area (Å²) in [5.41, 5.74) is 1.87. The monoisotopic (exact) mass is 349 g/mol. The molecule has 0 aliphatic rings. The van der Waals surface area contributed by atoms with Crippen LogP contribution in [0.5, 0.6) is 0 Å². The third-order valence-electron chi connectivity index (χ3n) is 3.02. The molecule has 108 valence electrons. The maximum absolute atomic E-state index is 12.1. The number of aromatic nitrogens is 1. The van der Waals surface area contributed by atoms with Gasteiger partial charge in [-0.25, -0.2) is 4.98 Å². The van der Waals surface area contributed by atoms with Crippen LogP contribution >= 0.6 is 15.9 Å². The number of aryl methyl sites for hydroxylation is 2. The van der Waals surface area contributed by atoms with Crippen molar-refractivity contribution in [2.24, 2.45) is 0 Å². The Morgan fingerprint density at radius 3 is 2.52 bits per heavy atom. The molecule has 0 spiro atoms. The third kappa shape index (κ3) is 3.43. The van der Waals surface area contributed by atoms with Gasteiger partial charge in [-0.15, -0.1) is 0 Å². The van der Waals surface area contributed by atoms with Crippen LogP contribution in [-0.2, 0) is 0 Å². The lowest BCUT2D eigenvalue weighted by Crippen LogP contribution is -2.14. The number of nitro benzene ring substituents is 1. The molecule has 2 aromatic rings. The van der Waals surface area contributed by atoms with Gasteiger partial charge in [-0.1, -0.05) is 0 Å². The maximum Gasteiger partial charge on any atom is 0.293 e. The molecule has 1 amide bonds. The van der Waals surface area contributed by atoms with E-state index < -0.39 is 10.8 Å². The van der Waals surface area contributed by atoms with Gasteiger partial charge in [0.05, 0.1) is 4.92 Å². The van der Waals surface area contributed by atoms with E-state index in [1.165, 1.54) is 18.3 Å². The smallest absolute Gasteiger partial charge is 0.293 e. The van der Waals surface area contributed by atoms with Crippen LogP contribution in [0.1, 0.15) is 21.6 Å². The lowest BCUT2D eigenvalue weighted by Gasteiger charge is -2.08. The van der Waals surface area contributed by atoms with E-state index in [2.05, 4.69) is 26.2 Å². The van der Waals surface area contributed by atoms with Gasteiger partial charge in [0.2, 0.25) is 0 Å². The van der Waals surface area contributed by atoms with E-state index in [-0.39, 0.29) is 17.1 Å². The van der Waals surface area contributed by atoms with Crippen LogP contribution in [0.4, 0.5) is 11.4 Å². The number of anilines is 1. The number of pyridine rings is 1. The average Bonchev–Trinajstić information content (AvgIpc) is 2.43. The molecule has 6 nitrogen and oxygen atoms in total. The molecular formula is C14H12BrN3O3. The van der Waals surface area contributed by atoms with Crippen molar-refractivity contribution >= 4 is 33.2 Å². The fraction of sp³-hybridized carbons (Fsp3) is 0.143. The zero-order chi connectivity index (χ0) is 15.6. The Hall–Kier alpha value is -2.28. The molecule has 1 N–H and O–H groups in total. The zero-order valence-corrected chi connectivity index (χ0v) is 13.0. The Labute approximate surface area is 129 Å². The van der Waals surface area contributed by atoms with Crippen molar-refractivity contribution in [1.29, 1.82) is 0 Å². The summed E-state index contributed by atoms with van der Waals surface area (Å²) in [5.74, 6) is -0.492. The van der Waals surface area contributed by atoms with E-state index in [9.17, 15) is 14.9 Å². The van der Waals surface area contributed by atoms with E-state index in [4.69, 9.17) is 0 Å². The maximum atomic E-state index is 12.1.